The summed E-state index contributed by atoms with van der Waals surface area (Å²) in [5.74, 6) is 1.68. The van der Waals surface area contributed by atoms with Crippen molar-refractivity contribution >= 4 is 22.7 Å². The summed E-state index contributed by atoms with van der Waals surface area (Å²) in [4.78, 5) is 32.0. The Balaban J connectivity index is 1.44. The van der Waals surface area contributed by atoms with Crippen LogP contribution in [0.3, 0.4) is 0 Å². The van der Waals surface area contributed by atoms with E-state index in [-0.39, 0.29) is 17.9 Å². The standard InChI is InChI=1S/C21H24N6O2/c1-13-5-3-6-16-15(13)11-17(22-16)21(29)26-8-4-7-18(26)20-24-23-19-12-25(14(2)28)9-10-27(19)20/h3,5-6,11,18,22H,4,7-10,12H2,1-2H3. The fraction of sp³-hybridized carbons (Fsp3) is 0.429. The Bertz CT molecular complexity index is 1110. The van der Waals surface area contributed by atoms with Gasteiger partial charge >= 0.3 is 0 Å². The van der Waals surface area contributed by atoms with Crippen LogP contribution in [0.1, 0.15) is 53.5 Å². The minimum Gasteiger partial charge on any atom is -0.351 e. The number of H-pyrrole nitrogens is 1. The Kier molecular flexibility index (Phi) is 4.15. The maximum Gasteiger partial charge on any atom is 0.270 e. The van der Waals surface area contributed by atoms with E-state index in [1.165, 1.54) is 0 Å². The molecule has 0 saturated carbocycles. The van der Waals surface area contributed by atoms with Crippen molar-refractivity contribution < 1.29 is 9.59 Å². The summed E-state index contributed by atoms with van der Waals surface area (Å²) in [5, 5.41) is 9.83. The quantitative estimate of drug-likeness (QED) is 0.726. The van der Waals surface area contributed by atoms with E-state index in [1.807, 2.05) is 23.1 Å². The van der Waals surface area contributed by atoms with Gasteiger partial charge in [-0.2, -0.15) is 0 Å². The van der Waals surface area contributed by atoms with Crippen molar-refractivity contribution in [2.75, 3.05) is 13.1 Å². The molecule has 1 unspecified atom stereocenters. The number of rotatable bonds is 2. The van der Waals surface area contributed by atoms with Crippen molar-refractivity contribution in [2.24, 2.45) is 0 Å². The molecule has 2 amide bonds. The number of carbonyl (C=O) groups is 2. The fourth-order valence-corrected chi connectivity index (χ4v) is 4.55. The maximum absolute atomic E-state index is 13.3. The average Bonchev–Trinajstić information content (AvgIpc) is 3.44. The second kappa shape index (κ2) is 6.72. The molecular formula is C21H24N6O2. The zero-order chi connectivity index (χ0) is 20.1. The third-order valence-corrected chi connectivity index (χ3v) is 6.15. The predicted molar refractivity (Wildman–Crippen MR) is 107 cm³/mol. The minimum absolute atomic E-state index is 0.00150. The number of aromatic nitrogens is 4. The molecule has 0 bridgehead atoms. The van der Waals surface area contributed by atoms with Crippen molar-refractivity contribution in [1.29, 1.82) is 0 Å². The Morgan fingerprint density at radius 3 is 2.83 bits per heavy atom. The van der Waals surface area contributed by atoms with E-state index in [4.69, 9.17) is 0 Å². The van der Waals surface area contributed by atoms with Crippen LogP contribution in [0.25, 0.3) is 10.9 Å². The van der Waals surface area contributed by atoms with E-state index < -0.39 is 0 Å². The van der Waals surface area contributed by atoms with Gasteiger partial charge in [0.15, 0.2) is 11.6 Å². The van der Waals surface area contributed by atoms with Gasteiger partial charge in [-0.15, -0.1) is 10.2 Å². The molecule has 2 aromatic heterocycles. The predicted octanol–water partition coefficient (Wildman–Crippen LogP) is 2.41. The summed E-state index contributed by atoms with van der Waals surface area (Å²) in [6, 6.07) is 7.91. The molecular weight excluding hydrogens is 368 g/mol. The van der Waals surface area contributed by atoms with Gasteiger partial charge in [-0.05, 0) is 37.5 Å². The number of aryl methyl sites for hydroxylation is 1. The molecule has 8 nitrogen and oxygen atoms in total. The number of amides is 2. The highest BCUT2D eigenvalue weighted by atomic mass is 16.2. The van der Waals surface area contributed by atoms with Gasteiger partial charge in [-0.3, -0.25) is 9.59 Å². The lowest BCUT2D eigenvalue weighted by Crippen LogP contribution is -2.38. The number of likely N-dealkylation sites (tertiary alicyclic amines) is 1. The van der Waals surface area contributed by atoms with Gasteiger partial charge in [0.2, 0.25) is 5.91 Å². The Hall–Kier alpha value is -3.16. The first-order valence-corrected chi connectivity index (χ1v) is 10.1. The van der Waals surface area contributed by atoms with Gasteiger partial charge in [0, 0.05) is 37.5 Å². The van der Waals surface area contributed by atoms with E-state index in [0.717, 1.165) is 41.0 Å². The van der Waals surface area contributed by atoms with E-state index in [2.05, 4.69) is 32.7 Å². The minimum atomic E-state index is -0.0832. The lowest BCUT2D eigenvalue weighted by Gasteiger charge is -2.29. The summed E-state index contributed by atoms with van der Waals surface area (Å²) in [5.41, 5.74) is 2.74. The summed E-state index contributed by atoms with van der Waals surface area (Å²) >= 11 is 0. The van der Waals surface area contributed by atoms with Crippen LogP contribution in [-0.2, 0) is 17.9 Å². The second-order valence-electron chi connectivity index (χ2n) is 7.94. The number of nitrogens with zero attached hydrogens (tertiary/aromatic N) is 5. The third-order valence-electron chi connectivity index (χ3n) is 6.15. The molecule has 1 fully saturated rings. The molecule has 1 aromatic carbocycles. The van der Waals surface area contributed by atoms with Crippen LogP contribution >= 0.6 is 0 Å². The average molecular weight is 392 g/mol. The van der Waals surface area contributed by atoms with Crippen LogP contribution in [0, 0.1) is 6.92 Å². The normalized spacial score (nSPS) is 19.0. The molecule has 0 spiro atoms. The lowest BCUT2D eigenvalue weighted by molar-refractivity contribution is -0.130. The van der Waals surface area contributed by atoms with E-state index in [9.17, 15) is 9.59 Å². The second-order valence-corrected chi connectivity index (χ2v) is 7.94. The molecule has 3 aromatic rings. The highest BCUT2D eigenvalue weighted by Gasteiger charge is 2.36. The highest BCUT2D eigenvalue weighted by Crippen LogP contribution is 2.34. The molecule has 0 aliphatic carbocycles. The molecule has 1 atom stereocenters. The Morgan fingerprint density at radius 1 is 1.17 bits per heavy atom. The van der Waals surface area contributed by atoms with E-state index in [0.29, 0.717) is 31.9 Å². The molecule has 0 radical (unpaired) electrons. The van der Waals surface area contributed by atoms with Gasteiger partial charge in [0.25, 0.3) is 5.91 Å². The van der Waals surface area contributed by atoms with Crippen molar-refractivity contribution in [3.8, 4) is 0 Å². The number of fused-ring (bicyclic) bond motifs is 2. The monoisotopic (exact) mass is 392 g/mol. The van der Waals surface area contributed by atoms with Gasteiger partial charge in [-0.25, -0.2) is 0 Å². The number of hydrogen-bond donors (Lipinski definition) is 1. The number of carbonyl (C=O) groups excluding carboxylic acids is 2. The van der Waals surface area contributed by atoms with Crippen LogP contribution < -0.4 is 0 Å². The molecule has 4 heterocycles. The Labute approximate surface area is 168 Å². The number of nitrogens with one attached hydrogen (secondary N) is 1. The fourth-order valence-electron chi connectivity index (χ4n) is 4.55. The zero-order valence-electron chi connectivity index (χ0n) is 16.7. The van der Waals surface area contributed by atoms with Crippen LogP contribution in [0.15, 0.2) is 24.3 Å². The van der Waals surface area contributed by atoms with Crippen LogP contribution in [0.2, 0.25) is 0 Å². The topological polar surface area (TPSA) is 87.1 Å². The highest BCUT2D eigenvalue weighted by molar-refractivity contribution is 5.99. The molecule has 5 rings (SSSR count). The molecule has 1 saturated heterocycles. The molecule has 2 aliphatic rings. The van der Waals surface area contributed by atoms with Gasteiger partial charge in [0.1, 0.15) is 5.69 Å². The summed E-state index contributed by atoms with van der Waals surface area (Å²) in [7, 11) is 0. The molecule has 2 aliphatic heterocycles. The van der Waals surface area contributed by atoms with Crippen molar-refractivity contribution in [3.63, 3.8) is 0 Å². The lowest BCUT2D eigenvalue weighted by atomic mass is 10.1. The smallest absolute Gasteiger partial charge is 0.270 e. The number of benzene rings is 1. The first kappa shape index (κ1) is 17.9. The summed E-state index contributed by atoms with van der Waals surface area (Å²) < 4.78 is 2.09. The van der Waals surface area contributed by atoms with E-state index >= 15 is 0 Å². The largest absolute Gasteiger partial charge is 0.351 e. The van der Waals surface area contributed by atoms with Crippen LogP contribution in [0.4, 0.5) is 0 Å². The zero-order valence-corrected chi connectivity index (χ0v) is 16.7. The first-order valence-electron chi connectivity index (χ1n) is 10.1. The first-order chi connectivity index (χ1) is 14.0. The third kappa shape index (κ3) is 2.90. The van der Waals surface area contributed by atoms with E-state index in [1.54, 1.807) is 11.8 Å². The van der Waals surface area contributed by atoms with Crippen LogP contribution in [-0.4, -0.2) is 54.5 Å². The summed E-state index contributed by atoms with van der Waals surface area (Å²) in [6.45, 7) is 6.13. The molecule has 150 valence electrons. The van der Waals surface area contributed by atoms with Crippen molar-refractivity contribution in [2.45, 2.75) is 45.8 Å². The molecule has 1 N–H and O–H groups in total. The van der Waals surface area contributed by atoms with Gasteiger partial charge < -0.3 is 19.4 Å². The van der Waals surface area contributed by atoms with Gasteiger partial charge in [-0.1, -0.05) is 12.1 Å². The van der Waals surface area contributed by atoms with Crippen molar-refractivity contribution in [1.82, 2.24) is 29.5 Å². The van der Waals surface area contributed by atoms with Crippen molar-refractivity contribution in [3.05, 3.63) is 47.2 Å². The SMILES string of the molecule is CC(=O)N1CCn2c(nnc2C2CCCN2C(=O)c2cc3c(C)cccc3[nH]2)C1. The number of aromatic amines is 1. The number of hydrogen-bond acceptors (Lipinski definition) is 4. The van der Waals surface area contributed by atoms with Gasteiger partial charge in [0.05, 0.1) is 12.6 Å². The maximum atomic E-state index is 13.3. The summed E-state index contributed by atoms with van der Waals surface area (Å²) in [6.07, 6.45) is 1.82. The molecule has 29 heavy (non-hydrogen) atoms. The molecule has 8 heteroatoms. The Morgan fingerprint density at radius 2 is 2.03 bits per heavy atom. The van der Waals surface area contributed by atoms with Crippen LogP contribution in [0.5, 0.6) is 0 Å².